The maximum Gasteiger partial charge on any atom is 0.328 e. The standard InChI is InChI=1S/C38H36F2O3S/c1-24(19-35(41)42)33-22-29-28(17-12-18-32(29)44-33)30-20-27(37(2,3)25-13-8-6-9-14-25)21-31(36(30)43-23-34(39)40)38(4,5)26-15-10-7-11-16-26/h6-22,34H,23H2,1-5H3,(H,41,42)/b24-19-. The lowest BCUT2D eigenvalue weighted by Gasteiger charge is -2.34. The lowest BCUT2D eigenvalue weighted by atomic mass is 9.71. The van der Waals surface area contributed by atoms with Crippen molar-refractivity contribution < 1.29 is 23.4 Å². The van der Waals surface area contributed by atoms with Crippen molar-refractivity contribution in [3.05, 3.63) is 130 Å². The fourth-order valence-corrected chi connectivity index (χ4v) is 6.79. The molecule has 0 amide bonds. The minimum absolute atomic E-state index is 0.421. The molecule has 1 N–H and O–H groups in total. The Hall–Kier alpha value is -4.29. The van der Waals surface area contributed by atoms with Crippen LogP contribution in [0.4, 0.5) is 8.78 Å². The van der Waals surface area contributed by atoms with Crippen molar-refractivity contribution >= 4 is 33.0 Å². The van der Waals surface area contributed by atoms with Crippen LogP contribution in [0.5, 0.6) is 5.75 Å². The molecule has 0 unspecified atom stereocenters. The summed E-state index contributed by atoms with van der Waals surface area (Å²) >= 11 is 1.50. The Morgan fingerprint density at radius 2 is 1.43 bits per heavy atom. The van der Waals surface area contributed by atoms with Gasteiger partial charge in [-0.25, -0.2) is 13.6 Å². The molecule has 5 rings (SSSR count). The van der Waals surface area contributed by atoms with E-state index in [1.807, 2.05) is 60.7 Å². The highest BCUT2D eigenvalue weighted by Crippen LogP contribution is 2.48. The second-order valence-corrected chi connectivity index (χ2v) is 13.2. The molecule has 5 aromatic rings. The molecule has 0 aliphatic rings. The Morgan fingerprint density at radius 1 is 0.818 bits per heavy atom. The van der Waals surface area contributed by atoms with Crippen molar-refractivity contribution in [1.29, 1.82) is 0 Å². The summed E-state index contributed by atoms with van der Waals surface area (Å²) in [5.41, 5.74) is 5.19. The van der Waals surface area contributed by atoms with Crippen LogP contribution in [-0.2, 0) is 15.6 Å². The average molecular weight is 611 g/mol. The van der Waals surface area contributed by atoms with Crippen LogP contribution in [0, 0.1) is 0 Å². The summed E-state index contributed by atoms with van der Waals surface area (Å²) in [6.45, 7) is 9.57. The number of carboxylic acid groups (broad SMARTS) is 1. The van der Waals surface area contributed by atoms with E-state index in [9.17, 15) is 18.7 Å². The topological polar surface area (TPSA) is 46.5 Å². The van der Waals surface area contributed by atoms with Gasteiger partial charge in [-0.3, -0.25) is 0 Å². The number of thiophene rings is 1. The number of allylic oxidation sites excluding steroid dienone is 1. The molecule has 0 saturated heterocycles. The fourth-order valence-electron chi connectivity index (χ4n) is 5.73. The predicted octanol–water partition coefficient (Wildman–Crippen LogP) is 10.4. The molecular weight excluding hydrogens is 574 g/mol. The minimum Gasteiger partial charge on any atom is -0.487 e. The van der Waals surface area contributed by atoms with Crippen molar-refractivity contribution in [3.63, 3.8) is 0 Å². The molecule has 226 valence electrons. The van der Waals surface area contributed by atoms with Crippen molar-refractivity contribution in [2.45, 2.75) is 51.9 Å². The zero-order valence-electron chi connectivity index (χ0n) is 25.5. The van der Waals surface area contributed by atoms with E-state index in [1.54, 1.807) is 6.92 Å². The number of aliphatic carboxylic acids is 1. The van der Waals surface area contributed by atoms with Crippen LogP contribution in [0.2, 0.25) is 0 Å². The van der Waals surface area contributed by atoms with Crippen molar-refractivity contribution in [1.82, 2.24) is 0 Å². The van der Waals surface area contributed by atoms with Crippen LogP contribution in [-0.4, -0.2) is 24.1 Å². The molecular formula is C38H36F2O3S. The van der Waals surface area contributed by atoms with Gasteiger partial charge >= 0.3 is 5.97 Å². The summed E-state index contributed by atoms with van der Waals surface area (Å²) in [7, 11) is 0. The van der Waals surface area contributed by atoms with E-state index in [2.05, 4.69) is 64.1 Å². The molecule has 44 heavy (non-hydrogen) atoms. The van der Waals surface area contributed by atoms with Crippen LogP contribution in [0.3, 0.4) is 0 Å². The van der Waals surface area contributed by atoms with Gasteiger partial charge in [0.05, 0.1) is 0 Å². The van der Waals surface area contributed by atoms with E-state index in [-0.39, 0.29) is 0 Å². The molecule has 0 spiro atoms. The maximum atomic E-state index is 13.8. The SMILES string of the molecule is C/C(=C/C(=O)O)c1cc2c(-c3cc(C(C)(C)c4ccccc4)cc(C(C)(C)c4ccccc4)c3OCC(F)F)cccc2s1. The summed E-state index contributed by atoms with van der Waals surface area (Å²) in [6.07, 6.45) is -1.45. The van der Waals surface area contributed by atoms with Gasteiger partial charge in [0.2, 0.25) is 0 Å². The number of hydrogen-bond donors (Lipinski definition) is 1. The smallest absolute Gasteiger partial charge is 0.328 e. The van der Waals surface area contributed by atoms with E-state index >= 15 is 0 Å². The third kappa shape index (κ3) is 6.18. The molecule has 0 atom stereocenters. The zero-order valence-corrected chi connectivity index (χ0v) is 26.3. The lowest BCUT2D eigenvalue weighted by Crippen LogP contribution is -2.25. The Kier molecular flexibility index (Phi) is 8.76. The summed E-state index contributed by atoms with van der Waals surface area (Å²) < 4.78 is 34.6. The van der Waals surface area contributed by atoms with E-state index in [0.717, 1.165) is 48.3 Å². The molecule has 0 fully saturated rings. The monoisotopic (exact) mass is 610 g/mol. The lowest BCUT2D eigenvalue weighted by molar-refractivity contribution is -0.131. The Balaban J connectivity index is 1.86. The third-order valence-corrected chi connectivity index (χ3v) is 9.64. The number of rotatable bonds is 10. The Morgan fingerprint density at radius 3 is 2.02 bits per heavy atom. The zero-order chi connectivity index (χ0) is 31.6. The van der Waals surface area contributed by atoms with Crippen molar-refractivity contribution in [2.24, 2.45) is 0 Å². The summed E-state index contributed by atoms with van der Waals surface area (Å²) in [5.74, 6) is -0.587. The van der Waals surface area contributed by atoms with Gasteiger partial charge in [0.25, 0.3) is 6.43 Å². The molecule has 1 heterocycles. The number of fused-ring (bicyclic) bond motifs is 1. The van der Waals surface area contributed by atoms with Crippen LogP contribution in [0.25, 0.3) is 26.8 Å². The molecule has 3 nitrogen and oxygen atoms in total. The minimum atomic E-state index is -2.65. The number of carbonyl (C=O) groups is 1. The largest absolute Gasteiger partial charge is 0.487 e. The van der Waals surface area contributed by atoms with Gasteiger partial charge in [-0.15, -0.1) is 11.3 Å². The van der Waals surface area contributed by atoms with Gasteiger partial charge < -0.3 is 9.84 Å². The first-order valence-electron chi connectivity index (χ1n) is 14.5. The van der Waals surface area contributed by atoms with Gasteiger partial charge in [-0.1, -0.05) is 107 Å². The molecule has 1 aromatic heterocycles. The van der Waals surface area contributed by atoms with Gasteiger partial charge in [0.1, 0.15) is 12.4 Å². The number of alkyl halides is 2. The molecule has 0 aliphatic carbocycles. The quantitative estimate of drug-likeness (QED) is 0.160. The van der Waals surface area contributed by atoms with Crippen LogP contribution in [0.1, 0.15) is 61.7 Å². The first-order chi connectivity index (χ1) is 20.9. The second kappa shape index (κ2) is 12.4. The third-order valence-electron chi connectivity index (χ3n) is 8.41. The van der Waals surface area contributed by atoms with E-state index < -0.39 is 29.8 Å². The number of hydrogen-bond acceptors (Lipinski definition) is 3. The summed E-state index contributed by atoms with van der Waals surface area (Å²) in [4.78, 5) is 12.2. The Labute approximate surface area is 261 Å². The van der Waals surface area contributed by atoms with Gasteiger partial charge in [0, 0.05) is 43.0 Å². The van der Waals surface area contributed by atoms with Crippen LogP contribution in [0.15, 0.2) is 103 Å². The summed E-state index contributed by atoms with van der Waals surface area (Å²) in [6, 6.07) is 32.4. The highest BCUT2D eigenvalue weighted by atomic mass is 32.1. The summed E-state index contributed by atoms with van der Waals surface area (Å²) in [5, 5.41) is 10.3. The molecule has 6 heteroatoms. The van der Waals surface area contributed by atoms with Crippen molar-refractivity contribution in [3.8, 4) is 16.9 Å². The number of halogens is 2. The highest BCUT2D eigenvalue weighted by molar-refractivity contribution is 7.20. The van der Waals surface area contributed by atoms with Gasteiger partial charge in [-0.05, 0) is 52.9 Å². The normalized spacial score (nSPS) is 12.6. The molecule has 0 radical (unpaired) electrons. The number of carboxylic acids is 1. The van der Waals surface area contributed by atoms with Gasteiger partial charge in [0.15, 0.2) is 0 Å². The molecule has 0 aliphatic heterocycles. The second-order valence-electron chi connectivity index (χ2n) is 12.1. The fraction of sp³-hybridized carbons (Fsp3) is 0.237. The van der Waals surface area contributed by atoms with E-state index in [1.165, 1.54) is 17.4 Å². The van der Waals surface area contributed by atoms with Crippen molar-refractivity contribution in [2.75, 3.05) is 6.61 Å². The maximum absolute atomic E-state index is 13.8. The first kappa shape index (κ1) is 31.1. The predicted molar refractivity (Wildman–Crippen MR) is 177 cm³/mol. The van der Waals surface area contributed by atoms with E-state index in [4.69, 9.17) is 4.74 Å². The Bertz CT molecular complexity index is 1820. The van der Waals surface area contributed by atoms with Crippen LogP contribution >= 0.6 is 11.3 Å². The van der Waals surface area contributed by atoms with E-state index in [0.29, 0.717) is 11.3 Å². The number of ether oxygens (including phenoxy) is 1. The number of benzene rings is 4. The molecule has 0 saturated carbocycles. The first-order valence-corrected chi connectivity index (χ1v) is 15.4. The van der Waals surface area contributed by atoms with Gasteiger partial charge in [-0.2, -0.15) is 0 Å². The molecule has 4 aromatic carbocycles. The molecule has 0 bridgehead atoms. The average Bonchev–Trinajstić information content (AvgIpc) is 3.45. The van der Waals surface area contributed by atoms with Crippen LogP contribution < -0.4 is 4.74 Å². The highest BCUT2D eigenvalue weighted by Gasteiger charge is 2.33.